The van der Waals surface area contributed by atoms with Gasteiger partial charge in [-0.3, -0.25) is 0 Å². The molecule has 0 spiro atoms. The van der Waals surface area contributed by atoms with Crippen molar-refractivity contribution in [3.8, 4) is 0 Å². The lowest BCUT2D eigenvalue weighted by atomic mass is 10.2. The second kappa shape index (κ2) is 6.12. The van der Waals surface area contributed by atoms with Gasteiger partial charge in [0.1, 0.15) is 5.82 Å². The first-order valence-electron chi connectivity index (χ1n) is 7.44. The van der Waals surface area contributed by atoms with Gasteiger partial charge in [0.05, 0.1) is 5.69 Å². The molecule has 5 heteroatoms. The SMILES string of the molecule is CCCNC(C)c1csc(N2CCc3ccc(F)cc32)n1. The Labute approximate surface area is 128 Å². The number of rotatable bonds is 5. The molecule has 1 aliphatic rings. The molecule has 1 unspecified atom stereocenters. The molecular formula is C16H20FN3S. The number of hydrogen-bond acceptors (Lipinski definition) is 4. The van der Waals surface area contributed by atoms with E-state index < -0.39 is 0 Å². The maximum Gasteiger partial charge on any atom is 0.190 e. The zero-order chi connectivity index (χ0) is 14.8. The fraction of sp³-hybridized carbons (Fsp3) is 0.438. The monoisotopic (exact) mass is 305 g/mol. The van der Waals surface area contributed by atoms with E-state index in [0.29, 0.717) is 0 Å². The van der Waals surface area contributed by atoms with Crippen molar-refractivity contribution in [3.05, 3.63) is 40.7 Å². The van der Waals surface area contributed by atoms with Crippen LogP contribution in [0.3, 0.4) is 0 Å². The van der Waals surface area contributed by atoms with Gasteiger partial charge in [-0.1, -0.05) is 13.0 Å². The summed E-state index contributed by atoms with van der Waals surface area (Å²) in [5.74, 6) is -0.185. The number of fused-ring (bicyclic) bond motifs is 1. The average Bonchev–Trinajstić information content (AvgIpc) is 3.10. The third-order valence-electron chi connectivity index (χ3n) is 3.83. The van der Waals surface area contributed by atoms with Crippen LogP contribution in [0.25, 0.3) is 0 Å². The number of anilines is 2. The molecule has 1 N–H and O–H groups in total. The minimum atomic E-state index is -0.185. The molecule has 1 atom stereocenters. The molecule has 0 fully saturated rings. The summed E-state index contributed by atoms with van der Waals surface area (Å²) in [7, 11) is 0. The fourth-order valence-corrected chi connectivity index (χ4v) is 3.57. The Hall–Kier alpha value is -1.46. The summed E-state index contributed by atoms with van der Waals surface area (Å²) >= 11 is 1.63. The van der Waals surface area contributed by atoms with Crippen LogP contribution in [0.4, 0.5) is 15.2 Å². The summed E-state index contributed by atoms with van der Waals surface area (Å²) in [5.41, 5.74) is 3.23. The summed E-state index contributed by atoms with van der Waals surface area (Å²) in [6.07, 6.45) is 2.06. The highest BCUT2D eigenvalue weighted by Crippen LogP contribution is 2.37. The Balaban J connectivity index is 1.81. The van der Waals surface area contributed by atoms with Gasteiger partial charge >= 0.3 is 0 Å². The van der Waals surface area contributed by atoms with Gasteiger partial charge in [0.2, 0.25) is 0 Å². The van der Waals surface area contributed by atoms with Crippen molar-refractivity contribution in [1.82, 2.24) is 10.3 Å². The zero-order valence-corrected chi connectivity index (χ0v) is 13.2. The maximum absolute atomic E-state index is 13.5. The van der Waals surface area contributed by atoms with Crippen molar-refractivity contribution in [2.75, 3.05) is 18.0 Å². The predicted octanol–water partition coefficient (Wildman–Crippen LogP) is 4.04. The fourth-order valence-electron chi connectivity index (χ4n) is 2.62. The number of thiazole rings is 1. The van der Waals surface area contributed by atoms with Gasteiger partial charge in [-0.15, -0.1) is 11.3 Å². The van der Waals surface area contributed by atoms with E-state index in [0.717, 1.165) is 42.4 Å². The summed E-state index contributed by atoms with van der Waals surface area (Å²) in [6.45, 7) is 6.16. The molecule has 0 bridgehead atoms. The zero-order valence-electron chi connectivity index (χ0n) is 12.4. The van der Waals surface area contributed by atoms with Crippen molar-refractivity contribution >= 4 is 22.2 Å². The third-order valence-corrected chi connectivity index (χ3v) is 4.71. The number of benzene rings is 1. The second-order valence-corrected chi connectivity index (χ2v) is 6.24. The van der Waals surface area contributed by atoms with Gasteiger partial charge < -0.3 is 10.2 Å². The quantitative estimate of drug-likeness (QED) is 0.903. The van der Waals surface area contributed by atoms with Crippen LogP contribution in [0.1, 0.15) is 37.6 Å². The van der Waals surface area contributed by atoms with Gasteiger partial charge in [0.25, 0.3) is 0 Å². The lowest BCUT2D eigenvalue weighted by molar-refractivity contribution is 0.561. The van der Waals surface area contributed by atoms with Crippen molar-refractivity contribution in [1.29, 1.82) is 0 Å². The Bertz CT molecular complexity index is 626. The largest absolute Gasteiger partial charge is 0.317 e. The van der Waals surface area contributed by atoms with Crippen molar-refractivity contribution < 1.29 is 4.39 Å². The van der Waals surface area contributed by atoms with Crippen LogP contribution in [-0.4, -0.2) is 18.1 Å². The molecular weight excluding hydrogens is 285 g/mol. The van der Waals surface area contributed by atoms with Crippen LogP contribution in [0.2, 0.25) is 0 Å². The van der Waals surface area contributed by atoms with Crippen LogP contribution >= 0.6 is 11.3 Å². The number of nitrogens with zero attached hydrogens (tertiary/aromatic N) is 2. The van der Waals surface area contributed by atoms with E-state index in [1.807, 2.05) is 6.07 Å². The topological polar surface area (TPSA) is 28.2 Å². The first-order valence-corrected chi connectivity index (χ1v) is 8.31. The molecule has 0 aliphatic carbocycles. The minimum Gasteiger partial charge on any atom is -0.317 e. The molecule has 3 nitrogen and oxygen atoms in total. The summed E-state index contributed by atoms with van der Waals surface area (Å²) in [5, 5.41) is 6.50. The van der Waals surface area contributed by atoms with Crippen LogP contribution in [0, 0.1) is 5.82 Å². The lowest BCUT2D eigenvalue weighted by Crippen LogP contribution is -2.20. The van der Waals surface area contributed by atoms with Gasteiger partial charge in [-0.05, 0) is 44.0 Å². The Kier molecular flexibility index (Phi) is 4.22. The van der Waals surface area contributed by atoms with E-state index in [2.05, 4.69) is 29.4 Å². The minimum absolute atomic E-state index is 0.185. The second-order valence-electron chi connectivity index (χ2n) is 5.41. The molecule has 0 saturated carbocycles. The van der Waals surface area contributed by atoms with Gasteiger partial charge in [-0.2, -0.15) is 0 Å². The number of nitrogens with one attached hydrogen (secondary N) is 1. The van der Waals surface area contributed by atoms with Crippen molar-refractivity contribution in [2.24, 2.45) is 0 Å². The molecule has 21 heavy (non-hydrogen) atoms. The van der Waals surface area contributed by atoms with Gasteiger partial charge in [0.15, 0.2) is 5.13 Å². The lowest BCUT2D eigenvalue weighted by Gasteiger charge is -2.16. The Morgan fingerprint density at radius 1 is 1.48 bits per heavy atom. The summed E-state index contributed by atoms with van der Waals surface area (Å²) in [4.78, 5) is 6.86. The number of hydrogen-bond donors (Lipinski definition) is 1. The van der Waals surface area contributed by atoms with Crippen LogP contribution < -0.4 is 10.2 Å². The van der Waals surface area contributed by atoms with E-state index >= 15 is 0 Å². The normalized spacial score (nSPS) is 15.3. The molecule has 1 aromatic heterocycles. The van der Waals surface area contributed by atoms with Crippen molar-refractivity contribution in [3.63, 3.8) is 0 Å². The Morgan fingerprint density at radius 3 is 3.14 bits per heavy atom. The van der Waals surface area contributed by atoms with E-state index in [1.165, 1.54) is 11.6 Å². The number of halogens is 1. The Morgan fingerprint density at radius 2 is 2.33 bits per heavy atom. The van der Waals surface area contributed by atoms with E-state index in [-0.39, 0.29) is 11.9 Å². The first-order chi connectivity index (χ1) is 10.2. The van der Waals surface area contributed by atoms with Crippen LogP contribution in [-0.2, 0) is 6.42 Å². The molecule has 112 valence electrons. The van der Waals surface area contributed by atoms with E-state index in [9.17, 15) is 4.39 Å². The molecule has 2 heterocycles. The molecule has 0 saturated heterocycles. The molecule has 2 aromatic rings. The highest BCUT2D eigenvalue weighted by molar-refractivity contribution is 7.13. The van der Waals surface area contributed by atoms with Crippen molar-refractivity contribution in [2.45, 2.75) is 32.7 Å². The maximum atomic E-state index is 13.5. The van der Waals surface area contributed by atoms with Gasteiger partial charge in [-0.25, -0.2) is 9.37 Å². The van der Waals surface area contributed by atoms with Crippen LogP contribution in [0.15, 0.2) is 23.6 Å². The molecule has 0 radical (unpaired) electrons. The predicted molar refractivity (Wildman–Crippen MR) is 85.9 cm³/mol. The standard InChI is InChI=1S/C16H20FN3S/c1-3-7-18-11(2)14-10-21-16(19-14)20-8-6-12-4-5-13(17)9-15(12)20/h4-5,9-11,18H,3,6-8H2,1-2H3. The third kappa shape index (κ3) is 2.94. The molecule has 1 aromatic carbocycles. The number of aromatic nitrogens is 1. The van der Waals surface area contributed by atoms with Crippen LogP contribution in [0.5, 0.6) is 0 Å². The average molecular weight is 305 g/mol. The molecule has 3 rings (SSSR count). The molecule has 0 amide bonds. The molecule has 1 aliphatic heterocycles. The van der Waals surface area contributed by atoms with Gasteiger partial charge in [0, 0.05) is 23.7 Å². The smallest absolute Gasteiger partial charge is 0.190 e. The highest BCUT2D eigenvalue weighted by Gasteiger charge is 2.23. The highest BCUT2D eigenvalue weighted by atomic mass is 32.1. The summed E-state index contributed by atoms with van der Waals surface area (Å²) < 4.78 is 13.5. The van der Waals surface area contributed by atoms with E-state index in [1.54, 1.807) is 17.4 Å². The summed E-state index contributed by atoms with van der Waals surface area (Å²) in [6, 6.07) is 5.28. The first kappa shape index (κ1) is 14.5. The van der Waals surface area contributed by atoms with E-state index in [4.69, 9.17) is 4.98 Å².